The monoisotopic (exact) mass is 360 g/mol. The minimum atomic E-state index is -3.96. The van der Waals surface area contributed by atoms with Crippen LogP contribution in [-0.4, -0.2) is 26.1 Å². The van der Waals surface area contributed by atoms with Gasteiger partial charge in [-0.2, -0.15) is 0 Å². The molecule has 9 heteroatoms. The standard InChI is InChI=1S/C14H14ClFN2O4S/c1-18-12(14(19)22-2)6-7-13(18)23(20,21)17-8-9-10(15)4-3-5-11(9)16/h3-7,17H,8H2,1-2H3. The van der Waals surface area contributed by atoms with Crippen LogP contribution in [0.3, 0.4) is 0 Å². The third kappa shape index (κ3) is 3.54. The smallest absolute Gasteiger partial charge is 0.354 e. The number of carbonyl (C=O) groups is 1. The minimum absolute atomic E-state index is 0.0418. The van der Waals surface area contributed by atoms with Gasteiger partial charge in [-0.3, -0.25) is 0 Å². The number of halogens is 2. The third-order valence-electron chi connectivity index (χ3n) is 3.25. The number of rotatable bonds is 5. The number of esters is 1. The van der Waals surface area contributed by atoms with Crippen LogP contribution >= 0.6 is 11.6 Å². The summed E-state index contributed by atoms with van der Waals surface area (Å²) in [4.78, 5) is 11.5. The average molecular weight is 361 g/mol. The van der Waals surface area contributed by atoms with Crippen molar-refractivity contribution < 1.29 is 22.3 Å². The fourth-order valence-electron chi connectivity index (χ4n) is 2.01. The zero-order chi connectivity index (χ0) is 17.2. The van der Waals surface area contributed by atoms with E-state index in [4.69, 9.17) is 11.6 Å². The highest BCUT2D eigenvalue weighted by Gasteiger charge is 2.23. The molecule has 6 nitrogen and oxygen atoms in total. The van der Waals surface area contributed by atoms with E-state index in [1.165, 1.54) is 49.1 Å². The molecular formula is C14H14ClFN2O4S. The average Bonchev–Trinajstić information content (AvgIpc) is 2.88. The highest BCUT2D eigenvalue weighted by atomic mass is 35.5. The number of methoxy groups -OCH3 is 1. The van der Waals surface area contributed by atoms with Gasteiger partial charge in [0.15, 0.2) is 5.03 Å². The first-order valence-corrected chi connectivity index (χ1v) is 8.30. The number of hydrogen-bond donors (Lipinski definition) is 1. The van der Waals surface area contributed by atoms with Crippen molar-refractivity contribution in [1.82, 2.24) is 9.29 Å². The molecule has 2 aromatic rings. The molecule has 0 fully saturated rings. The molecule has 1 N–H and O–H groups in total. The Balaban J connectivity index is 2.27. The van der Waals surface area contributed by atoms with Crippen LogP contribution in [0.1, 0.15) is 16.1 Å². The van der Waals surface area contributed by atoms with E-state index in [9.17, 15) is 17.6 Å². The highest BCUT2D eigenvalue weighted by Crippen LogP contribution is 2.20. The topological polar surface area (TPSA) is 77.4 Å². The number of hydrogen-bond acceptors (Lipinski definition) is 4. The van der Waals surface area contributed by atoms with Crippen molar-refractivity contribution in [3.8, 4) is 0 Å². The third-order valence-corrected chi connectivity index (χ3v) is 5.09. The van der Waals surface area contributed by atoms with Gasteiger partial charge < -0.3 is 9.30 Å². The molecule has 0 amide bonds. The molecular weight excluding hydrogens is 347 g/mol. The van der Waals surface area contributed by atoms with E-state index in [0.717, 1.165) is 0 Å². The molecule has 0 aliphatic heterocycles. The summed E-state index contributed by atoms with van der Waals surface area (Å²) in [5.74, 6) is -1.27. The van der Waals surface area contributed by atoms with Gasteiger partial charge in [0.25, 0.3) is 10.0 Å². The van der Waals surface area contributed by atoms with E-state index in [1.54, 1.807) is 0 Å². The zero-order valence-corrected chi connectivity index (χ0v) is 13.9. The van der Waals surface area contributed by atoms with Crippen molar-refractivity contribution >= 4 is 27.6 Å². The van der Waals surface area contributed by atoms with Gasteiger partial charge in [-0.15, -0.1) is 0 Å². The lowest BCUT2D eigenvalue weighted by Crippen LogP contribution is -2.26. The van der Waals surface area contributed by atoms with Gasteiger partial charge in [0, 0.05) is 24.2 Å². The van der Waals surface area contributed by atoms with Gasteiger partial charge in [0.2, 0.25) is 0 Å². The fourth-order valence-corrected chi connectivity index (χ4v) is 3.43. The lowest BCUT2D eigenvalue weighted by atomic mass is 10.2. The van der Waals surface area contributed by atoms with Crippen LogP contribution in [-0.2, 0) is 28.4 Å². The Bertz CT molecular complexity index is 828. The molecule has 0 radical (unpaired) electrons. The molecule has 0 aliphatic rings. The van der Waals surface area contributed by atoms with Crippen molar-refractivity contribution in [2.75, 3.05) is 7.11 Å². The van der Waals surface area contributed by atoms with Crippen molar-refractivity contribution in [2.45, 2.75) is 11.6 Å². The summed E-state index contributed by atoms with van der Waals surface area (Å²) < 4.78 is 46.3. The first-order chi connectivity index (χ1) is 10.8. The Kier molecular flexibility index (Phi) is 5.08. The number of nitrogens with one attached hydrogen (secondary N) is 1. The van der Waals surface area contributed by atoms with Crippen LogP contribution in [0.25, 0.3) is 0 Å². The number of sulfonamides is 1. The maximum Gasteiger partial charge on any atom is 0.354 e. The van der Waals surface area contributed by atoms with Crippen LogP contribution < -0.4 is 4.72 Å². The molecule has 0 saturated carbocycles. The lowest BCUT2D eigenvalue weighted by Gasteiger charge is -2.10. The molecule has 0 aliphatic carbocycles. The summed E-state index contributed by atoms with van der Waals surface area (Å²) in [5.41, 5.74) is 0.122. The van der Waals surface area contributed by atoms with Gasteiger partial charge in [0.1, 0.15) is 11.5 Å². The second-order valence-corrected chi connectivity index (χ2v) is 6.75. The van der Waals surface area contributed by atoms with Crippen LogP contribution in [0.2, 0.25) is 5.02 Å². The predicted molar refractivity (Wildman–Crippen MR) is 82.2 cm³/mol. The van der Waals surface area contributed by atoms with E-state index in [-0.39, 0.29) is 27.9 Å². The molecule has 0 spiro atoms. The van der Waals surface area contributed by atoms with Crippen molar-refractivity contribution in [1.29, 1.82) is 0 Å². The predicted octanol–water partition coefficient (Wildman–Crippen LogP) is 2.08. The van der Waals surface area contributed by atoms with Crippen molar-refractivity contribution in [2.24, 2.45) is 7.05 Å². The van der Waals surface area contributed by atoms with Gasteiger partial charge in [0.05, 0.1) is 7.11 Å². The zero-order valence-electron chi connectivity index (χ0n) is 12.3. The fraction of sp³-hybridized carbons (Fsp3) is 0.214. The number of ether oxygens (including phenoxy) is 1. The summed E-state index contributed by atoms with van der Waals surface area (Å²) in [7, 11) is -1.35. The maximum atomic E-state index is 13.7. The molecule has 1 aromatic carbocycles. The summed E-state index contributed by atoms with van der Waals surface area (Å²) in [6, 6.07) is 6.67. The number of aromatic nitrogens is 1. The quantitative estimate of drug-likeness (QED) is 0.828. The number of benzene rings is 1. The molecule has 0 saturated heterocycles. The van der Waals surface area contributed by atoms with E-state index < -0.39 is 21.8 Å². The SMILES string of the molecule is COC(=O)c1ccc(S(=O)(=O)NCc2c(F)cccc2Cl)n1C. The van der Waals surface area contributed by atoms with Crippen molar-refractivity contribution in [3.63, 3.8) is 0 Å². The van der Waals surface area contributed by atoms with Gasteiger partial charge in [-0.05, 0) is 24.3 Å². The molecule has 0 bridgehead atoms. The second-order valence-electron chi connectivity index (χ2n) is 4.63. The van der Waals surface area contributed by atoms with Crippen LogP contribution in [0.15, 0.2) is 35.4 Å². The Morgan fingerprint density at radius 1 is 1.35 bits per heavy atom. The molecule has 2 rings (SSSR count). The van der Waals surface area contributed by atoms with E-state index in [1.807, 2.05) is 0 Å². The largest absolute Gasteiger partial charge is 0.464 e. The normalized spacial score (nSPS) is 11.5. The second kappa shape index (κ2) is 6.69. The Morgan fingerprint density at radius 3 is 2.65 bits per heavy atom. The molecule has 1 heterocycles. The Hall–Kier alpha value is -1.90. The number of nitrogens with zero attached hydrogens (tertiary/aromatic N) is 1. The minimum Gasteiger partial charge on any atom is -0.464 e. The molecule has 23 heavy (non-hydrogen) atoms. The van der Waals surface area contributed by atoms with Crippen LogP contribution in [0.5, 0.6) is 0 Å². The number of carbonyl (C=O) groups excluding carboxylic acids is 1. The first-order valence-electron chi connectivity index (χ1n) is 6.44. The summed E-state index contributed by atoms with van der Waals surface area (Å²) >= 11 is 5.86. The Morgan fingerprint density at radius 2 is 2.04 bits per heavy atom. The Labute approximate surface area is 137 Å². The highest BCUT2D eigenvalue weighted by molar-refractivity contribution is 7.89. The lowest BCUT2D eigenvalue weighted by molar-refractivity contribution is 0.0589. The molecule has 124 valence electrons. The maximum absolute atomic E-state index is 13.7. The summed E-state index contributed by atoms with van der Waals surface area (Å²) in [5, 5.41) is -0.0276. The van der Waals surface area contributed by atoms with Gasteiger partial charge in [-0.25, -0.2) is 22.3 Å². The van der Waals surface area contributed by atoms with Crippen molar-refractivity contribution in [3.05, 3.63) is 52.4 Å². The van der Waals surface area contributed by atoms with Crippen LogP contribution in [0.4, 0.5) is 4.39 Å². The molecule has 0 unspecified atom stereocenters. The van der Waals surface area contributed by atoms with Crippen LogP contribution in [0, 0.1) is 5.82 Å². The van der Waals surface area contributed by atoms with Gasteiger partial charge in [-0.1, -0.05) is 17.7 Å². The molecule has 0 atom stereocenters. The summed E-state index contributed by atoms with van der Waals surface area (Å²) in [6.07, 6.45) is 0. The van der Waals surface area contributed by atoms with E-state index >= 15 is 0 Å². The summed E-state index contributed by atoms with van der Waals surface area (Å²) in [6.45, 7) is -0.313. The van der Waals surface area contributed by atoms with E-state index in [2.05, 4.69) is 9.46 Å². The first kappa shape index (κ1) is 17.5. The van der Waals surface area contributed by atoms with E-state index in [0.29, 0.717) is 0 Å². The molecule has 1 aromatic heterocycles. The van der Waals surface area contributed by atoms with Gasteiger partial charge >= 0.3 is 5.97 Å².